The van der Waals surface area contributed by atoms with Gasteiger partial charge in [-0.2, -0.15) is 0 Å². The smallest absolute Gasteiger partial charge is 0.186 e. The Morgan fingerprint density at radius 2 is 0.287 bits per heavy atom. The number of hydrogen-bond donors (Lipinski definition) is 4. The summed E-state index contributed by atoms with van der Waals surface area (Å²) in [6.45, 7) is 69.2. The number of hydrogen-bond acceptors (Lipinski definition) is 12. The molecule has 0 saturated carbocycles. The summed E-state index contributed by atoms with van der Waals surface area (Å²) in [6, 6.07) is 34.0. The lowest BCUT2D eigenvalue weighted by Crippen LogP contribution is -2.40. The van der Waals surface area contributed by atoms with E-state index in [4.69, 9.17) is 58.3 Å². The minimum atomic E-state index is -1.87. The molecule has 12 nitrogen and oxygen atoms in total. The van der Waals surface area contributed by atoms with Gasteiger partial charge in [-0.05, 0) is 179 Å². The van der Waals surface area contributed by atoms with Gasteiger partial charge in [0.2, 0.25) is 0 Å². The molecule has 2 unspecified atom stereocenters. The normalized spacial score (nSPS) is 15.6. The zero-order chi connectivity index (χ0) is 76.9. The summed E-state index contributed by atoms with van der Waals surface area (Å²) in [7, 11) is -22.5. The zero-order valence-electron chi connectivity index (χ0n) is 72.8. The first-order chi connectivity index (χ1) is 47.0. The van der Waals surface area contributed by atoms with Gasteiger partial charge < -0.3 is 58.3 Å². The van der Waals surface area contributed by atoms with Crippen molar-refractivity contribution >= 4 is 107 Å². The molecule has 0 aromatic rings. The van der Waals surface area contributed by atoms with Crippen LogP contribution in [0.1, 0.15) is 130 Å². The zero-order valence-corrected chi connectivity index (χ0v) is 85.8. The molecule has 0 bridgehead atoms. The van der Waals surface area contributed by atoms with Gasteiger partial charge in [0, 0.05) is 79.0 Å². The number of rotatable bonds is 72. The molecule has 0 aliphatic rings. The van der Waals surface area contributed by atoms with Crippen LogP contribution < -0.4 is 22.9 Å². The van der Waals surface area contributed by atoms with Crippen LogP contribution in [0, 0.1) is 0 Å². The van der Waals surface area contributed by atoms with Crippen LogP contribution >= 0.6 is 0 Å². The van der Waals surface area contributed by atoms with Crippen molar-refractivity contribution < 1.29 is 35.4 Å². The molecule has 0 saturated heterocycles. The number of nitrogens with two attached hydrogens (primary N) is 4. The highest BCUT2D eigenvalue weighted by Gasteiger charge is 2.41. The average Bonchev–Trinajstić information content (AvgIpc) is 0.876. The minimum Gasteiger partial charge on any atom is -0.417 e. The van der Waals surface area contributed by atoms with Crippen molar-refractivity contribution in [2.45, 2.75) is 406 Å². The van der Waals surface area contributed by atoms with Crippen LogP contribution in [-0.2, 0) is 35.4 Å². The SMILES string of the molecule is CCCO[Si](C)(C)CCC[Si](C)(CCC[Si](CCC[Si](C)(CCC[Si](C)(C)OCCC)CCC[Si](C)(C)OCCN)(CCC[Si](C)(CCC[Si](C)(C)OCCC)CCC[Si](C)(C)OCCN)CCC[Si](C)(CCC[Si](C)(C)OCCN)CCC[Si](C)(C)OCCN)CCC[Si](C)(C)OCCC. The molecule has 2 atom stereocenters. The Kier molecular flexibility index (Phi) is 54.6. The van der Waals surface area contributed by atoms with E-state index in [1.54, 1.807) is 24.2 Å². The molecule has 25 heteroatoms. The molecular formula is C76H184N4O8Si13. The lowest BCUT2D eigenvalue weighted by molar-refractivity contribution is 0.305. The molecular weight excluding hydrogens is 1460 g/mol. The third kappa shape index (κ3) is 53.8. The van der Waals surface area contributed by atoms with Gasteiger partial charge in [0.1, 0.15) is 0 Å². The Morgan fingerprint density at radius 1 is 0.168 bits per heavy atom. The summed E-state index contributed by atoms with van der Waals surface area (Å²) < 4.78 is 53.0. The molecule has 0 spiro atoms. The van der Waals surface area contributed by atoms with E-state index < -0.39 is 107 Å². The van der Waals surface area contributed by atoms with E-state index in [0.717, 1.165) is 52.1 Å². The van der Waals surface area contributed by atoms with Gasteiger partial charge in [-0.25, -0.2) is 0 Å². The van der Waals surface area contributed by atoms with E-state index in [2.05, 4.69) is 159 Å². The largest absolute Gasteiger partial charge is 0.417 e. The highest BCUT2D eigenvalue weighted by atomic mass is 28.4. The predicted molar refractivity (Wildman–Crippen MR) is 488 cm³/mol. The van der Waals surface area contributed by atoms with Crippen LogP contribution in [0.25, 0.3) is 0 Å². The van der Waals surface area contributed by atoms with E-state index in [-0.39, 0.29) is 0 Å². The lowest BCUT2D eigenvalue weighted by Gasteiger charge is -2.39. The molecule has 0 aliphatic heterocycles. The Labute approximate surface area is 645 Å². The molecule has 0 amide bonds. The van der Waals surface area contributed by atoms with E-state index in [0.29, 0.717) is 52.6 Å². The van der Waals surface area contributed by atoms with Gasteiger partial charge in [-0.1, -0.05) is 228 Å². The monoisotopic (exact) mass is 1650 g/mol. The summed E-state index contributed by atoms with van der Waals surface area (Å²) in [4.78, 5) is 0. The summed E-state index contributed by atoms with van der Waals surface area (Å²) >= 11 is 0. The fourth-order valence-corrected chi connectivity index (χ4v) is 56.7. The Balaban J connectivity index is 8.48. The molecule has 101 heavy (non-hydrogen) atoms. The predicted octanol–water partition coefficient (Wildman–Crippen LogP) is 23.7. The third-order valence-electron chi connectivity index (χ3n) is 23.7. The van der Waals surface area contributed by atoms with Crippen molar-refractivity contribution in [3.8, 4) is 0 Å². The van der Waals surface area contributed by atoms with Gasteiger partial charge in [0.25, 0.3) is 0 Å². The standard InChI is InChI=1S/C76H184N4O8Si13/c1-25-45-81-89(5,6)53-29-61-97(21,62-30-54-90(7,8)82-46-26-2)69-37-73-101(74-38-70-98(22,63-31-55-91(9,10)83-47-27-3)65-33-57-93(13,14)85-49-41-77,75-39-71-99(23,64-32-56-92(11,12)84-48-28-4)66-34-58-94(15,16)86-50-42-78)76-40-72-100(24,67-35-59-95(17,18)87-51-43-79)68-36-60-96(19,20)88-52-44-80/h25-80H2,1-24H3. The lowest BCUT2D eigenvalue weighted by atomic mass is 10.5. The van der Waals surface area contributed by atoms with Gasteiger partial charge in [-0.15, -0.1) is 0 Å². The first kappa shape index (κ1) is 103. The summed E-state index contributed by atoms with van der Waals surface area (Å²) in [5.74, 6) is 0. The maximum atomic E-state index is 6.69. The summed E-state index contributed by atoms with van der Waals surface area (Å²) in [5, 5.41) is 0. The van der Waals surface area contributed by atoms with Crippen LogP contribution in [0.15, 0.2) is 0 Å². The van der Waals surface area contributed by atoms with Crippen molar-refractivity contribution in [2.75, 3.05) is 79.0 Å². The summed E-state index contributed by atoms with van der Waals surface area (Å²) in [5.41, 5.74) is 24.2. The molecule has 0 aromatic heterocycles. The molecule has 0 heterocycles. The second kappa shape index (κ2) is 53.4. The highest BCUT2D eigenvalue weighted by molar-refractivity contribution is 6.84. The maximum absolute atomic E-state index is 6.69. The summed E-state index contributed by atoms with van der Waals surface area (Å²) in [6.07, 6.45) is 21.0. The van der Waals surface area contributed by atoms with Gasteiger partial charge in [0.15, 0.2) is 66.5 Å². The van der Waals surface area contributed by atoms with Crippen LogP contribution in [0.4, 0.5) is 0 Å². The van der Waals surface area contributed by atoms with Crippen LogP contribution in [0.3, 0.4) is 0 Å². The van der Waals surface area contributed by atoms with Crippen molar-refractivity contribution in [1.29, 1.82) is 0 Å². The third-order valence-corrected chi connectivity index (χ3v) is 68.4. The Bertz CT molecular complexity index is 1660. The second-order valence-electron chi connectivity index (χ2n) is 39.0. The molecule has 8 N–H and O–H groups in total. The van der Waals surface area contributed by atoms with Crippen molar-refractivity contribution in [2.24, 2.45) is 22.9 Å². The van der Waals surface area contributed by atoms with E-state index in [1.165, 1.54) is 198 Å². The quantitative estimate of drug-likeness (QED) is 0.0424. The van der Waals surface area contributed by atoms with Crippen LogP contribution in [0.2, 0.25) is 276 Å². The van der Waals surface area contributed by atoms with Crippen molar-refractivity contribution in [1.82, 2.24) is 0 Å². The molecule has 0 aromatic carbocycles. The highest BCUT2D eigenvalue weighted by Crippen LogP contribution is 2.43. The Hall–Kier alpha value is 2.34. The molecule has 0 aliphatic carbocycles. The van der Waals surface area contributed by atoms with Gasteiger partial charge >= 0.3 is 0 Å². The van der Waals surface area contributed by atoms with Gasteiger partial charge in [-0.3, -0.25) is 0 Å². The first-order valence-electron chi connectivity index (χ1n) is 42.9. The Morgan fingerprint density at radius 3 is 0.406 bits per heavy atom. The molecule has 0 rings (SSSR count). The molecule has 608 valence electrons. The maximum Gasteiger partial charge on any atom is 0.186 e. The molecule has 0 radical (unpaired) electrons. The van der Waals surface area contributed by atoms with Gasteiger partial charge in [0.05, 0.1) is 40.4 Å². The average molecular weight is 1650 g/mol. The van der Waals surface area contributed by atoms with E-state index in [9.17, 15) is 0 Å². The van der Waals surface area contributed by atoms with Crippen molar-refractivity contribution in [3.63, 3.8) is 0 Å². The van der Waals surface area contributed by atoms with Crippen molar-refractivity contribution in [3.05, 3.63) is 0 Å². The molecule has 0 fully saturated rings. The first-order valence-corrected chi connectivity index (χ1v) is 83.1. The minimum absolute atomic E-state index is 0.617. The topological polar surface area (TPSA) is 178 Å². The second-order valence-corrected chi connectivity index (χ2v) is 99.0. The fraction of sp³-hybridized carbons (Fsp3) is 1.00. The van der Waals surface area contributed by atoms with Crippen LogP contribution in [0.5, 0.6) is 0 Å². The van der Waals surface area contributed by atoms with E-state index >= 15 is 0 Å². The van der Waals surface area contributed by atoms with E-state index in [1.807, 2.05) is 0 Å². The fourth-order valence-electron chi connectivity index (χ4n) is 16.8. The van der Waals surface area contributed by atoms with Crippen LogP contribution in [-0.4, -0.2) is 186 Å².